The predicted molar refractivity (Wildman–Crippen MR) is 75.8 cm³/mol. The predicted octanol–water partition coefficient (Wildman–Crippen LogP) is 3.90. The normalized spacial score (nSPS) is 10.9. The molecule has 1 aromatic carbocycles. The molecule has 19 heavy (non-hydrogen) atoms. The molecule has 0 bridgehead atoms. The number of nitrogens with zero attached hydrogens (tertiary/aromatic N) is 1. The van der Waals surface area contributed by atoms with Crippen LogP contribution in [0.4, 0.5) is 0 Å². The molecule has 0 fully saturated rings. The second kappa shape index (κ2) is 6.24. The van der Waals surface area contributed by atoms with Gasteiger partial charge in [0.2, 0.25) is 0 Å². The third-order valence-electron chi connectivity index (χ3n) is 2.68. The van der Waals surface area contributed by atoms with Gasteiger partial charge < -0.3 is 4.42 Å². The Morgan fingerprint density at radius 2 is 2.11 bits per heavy atom. The van der Waals surface area contributed by atoms with Crippen LogP contribution in [0.25, 0.3) is 0 Å². The smallest absolute Gasteiger partial charge is 0.178 e. The van der Waals surface area contributed by atoms with E-state index in [2.05, 4.69) is 0 Å². The zero-order valence-corrected chi connectivity index (χ0v) is 11.9. The number of furan rings is 1. The number of rotatable bonds is 5. The second-order valence-electron chi connectivity index (χ2n) is 4.35. The van der Waals surface area contributed by atoms with E-state index in [1.165, 1.54) is 0 Å². The Balaban J connectivity index is 2.00. The molecule has 5 heteroatoms. The number of hydrogen-bond donors (Lipinski definition) is 0. The number of hydrogen-bond acceptors (Lipinski definition) is 3. The first-order chi connectivity index (χ1) is 9.06. The van der Waals surface area contributed by atoms with Crippen LogP contribution < -0.4 is 0 Å². The number of likely N-dealkylation sites (N-methyl/N-ethyl adjacent to an activating group) is 1. The van der Waals surface area contributed by atoms with Crippen LogP contribution in [0.5, 0.6) is 0 Å². The Morgan fingerprint density at radius 1 is 1.32 bits per heavy atom. The van der Waals surface area contributed by atoms with E-state index in [9.17, 15) is 4.79 Å². The van der Waals surface area contributed by atoms with Gasteiger partial charge in [0.25, 0.3) is 0 Å². The number of carbonyl (C=O) groups excluding carboxylic acids is 1. The van der Waals surface area contributed by atoms with Crippen molar-refractivity contribution in [2.75, 3.05) is 13.6 Å². The zero-order chi connectivity index (χ0) is 13.8. The fraction of sp³-hybridized carbons (Fsp3) is 0.214. The summed E-state index contributed by atoms with van der Waals surface area (Å²) < 4.78 is 4.99. The van der Waals surface area contributed by atoms with Crippen molar-refractivity contribution in [1.82, 2.24) is 4.90 Å². The van der Waals surface area contributed by atoms with E-state index in [1.807, 2.05) is 18.0 Å². The van der Waals surface area contributed by atoms with Gasteiger partial charge in [-0.1, -0.05) is 23.2 Å². The molecular weight excluding hydrogens is 285 g/mol. The van der Waals surface area contributed by atoms with Gasteiger partial charge in [-0.3, -0.25) is 9.69 Å². The van der Waals surface area contributed by atoms with Crippen molar-refractivity contribution in [3.63, 3.8) is 0 Å². The summed E-state index contributed by atoms with van der Waals surface area (Å²) in [5.74, 6) is -0.0346. The maximum absolute atomic E-state index is 12.1. The van der Waals surface area contributed by atoms with Crippen LogP contribution >= 0.6 is 23.2 Å². The lowest BCUT2D eigenvalue weighted by molar-refractivity contribution is 0.0943. The first kappa shape index (κ1) is 14.1. The van der Waals surface area contributed by atoms with Crippen LogP contribution in [0.1, 0.15) is 15.9 Å². The van der Waals surface area contributed by atoms with Crippen molar-refractivity contribution in [3.05, 3.63) is 58.0 Å². The van der Waals surface area contributed by atoms with E-state index >= 15 is 0 Å². The van der Waals surface area contributed by atoms with Gasteiger partial charge in [-0.05, 0) is 31.3 Å². The number of halogens is 2. The number of benzene rings is 1. The van der Waals surface area contributed by atoms with Gasteiger partial charge in [0.15, 0.2) is 5.78 Å². The molecule has 100 valence electrons. The molecule has 1 aromatic heterocycles. The molecule has 0 unspecified atom stereocenters. The van der Waals surface area contributed by atoms with Crippen molar-refractivity contribution in [1.29, 1.82) is 0 Å². The van der Waals surface area contributed by atoms with Gasteiger partial charge in [0.05, 0.1) is 24.1 Å². The molecule has 3 nitrogen and oxygen atoms in total. The van der Waals surface area contributed by atoms with Crippen LogP contribution in [0.15, 0.2) is 41.2 Å². The van der Waals surface area contributed by atoms with Gasteiger partial charge in [-0.2, -0.15) is 0 Å². The molecule has 2 rings (SSSR count). The van der Waals surface area contributed by atoms with Gasteiger partial charge in [-0.15, -0.1) is 0 Å². The zero-order valence-electron chi connectivity index (χ0n) is 10.4. The summed E-state index contributed by atoms with van der Waals surface area (Å²) in [6.45, 7) is 0.931. The van der Waals surface area contributed by atoms with E-state index in [1.54, 1.807) is 30.7 Å². The summed E-state index contributed by atoms with van der Waals surface area (Å²) in [6.07, 6.45) is 3.28. The molecule has 0 aliphatic heterocycles. The molecule has 0 aliphatic rings. The van der Waals surface area contributed by atoms with Crippen molar-refractivity contribution in [2.45, 2.75) is 6.54 Å². The van der Waals surface area contributed by atoms with Crippen LogP contribution in [0.3, 0.4) is 0 Å². The molecule has 1 heterocycles. The van der Waals surface area contributed by atoms with E-state index in [0.29, 0.717) is 22.2 Å². The molecule has 0 N–H and O–H groups in total. The summed E-state index contributed by atoms with van der Waals surface area (Å²) in [4.78, 5) is 14.0. The summed E-state index contributed by atoms with van der Waals surface area (Å²) in [7, 11) is 1.87. The first-order valence-corrected chi connectivity index (χ1v) is 6.49. The Labute approximate surface area is 121 Å². The summed E-state index contributed by atoms with van der Waals surface area (Å²) in [5, 5.41) is 0.905. The molecule has 0 saturated carbocycles. The fourth-order valence-corrected chi connectivity index (χ4v) is 2.31. The van der Waals surface area contributed by atoms with Crippen LogP contribution in [-0.2, 0) is 6.54 Å². The van der Waals surface area contributed by atoms with E-state index < -0.39 is 0 Å². The number of ketones is 1. The van der Waals surface area contributed by atoms with E-state index in [0.717, 1.165) is 5.56 Å². The Hall–Kier alpha value is -1.29. The third kappa shape index (κ3) is 3.83. The van der Waals surface area contributed by atoms with Gasteiger partial charge in [0, 0.05) is 22.7 Å². The van der Waals surface area contributed by atoms with Crippen molar-refractivity contribution < 1.29 is 9.21 Å². The molecule has 0 radical (unpaired) electrons. The summed E-state index contributed by atoms with van der Waals surface area (Å²) >= 11 is 11.8. The standard InChI is InChI=1S/C14H13Cl2NO2/c1-17(7-10-4-5-19-9-10)8-14(18)12-3-2-11(15)6-13(12)16/h2-6,9H,7-8H2,1H3. The molecule has 0 aliphatic carbocycles. The lowest BCUT2D eigenvalue weighted by Crippen LogP contribution is -2.25. The minimum Gasteiger partial charge on any atom is -0.472 e. The monoisotopic (exact) mass is 297 g/mol. The maximum atomic E-state index is 12.1. The minimum absolute atomic E-state index is 0.0346. The van der Waals surface area contributed by atoms with E-state index in [4.69, 9.17) is 27.6 Å². The van der Waals surface area contributed by atoms with Gasteiger partial charge in [-0.25, -0.2) is 0 Å². The summed E-state index contributed by atoms with van der Waals surface area (Å²) in [6, 6.07) is 6.76. The highest BCUT2D eigenvalue weighted by Gasteiger charge is 2.13. The number of Topliss-reactive ketones (excluding diaryl/α,β-unsaturated/α-hetero) is 1. The van der Waals surface area contributed by atoms with Crippen molar-refractivity contribution >= 4 is 29.0 Å². The topological polar surface area (TPSA) is 33.5 Å². The lowest BCUT2D eigenvalue weighted by Gasteiger charge is -2.15. The van der Waals surface area contributed by atoms with Crippen molar-refractivity contribution in [3.8, 4) is 0 Å². The quantitative estimate of drug-likeness (QED) is 0.785. The second-order valence-corrected chi connectivity index (χ2v) is 5.19. The largest absolute Gasteiger partial charge is 0.472 e. The molecule has 0 spiro atoms. The molecular formula is C14H13Cl2NO2. The van der Waals surface area contributed by atoms with Crippen LogP contribution in [0, 0.1) is 0 Å². The highest BCUT2D eigenvalue weighted by Crippen LogP contribution is 2.21. The average Bonchev–Trinajstić information content (AvgIpc) is 2.81. The molecule has 0 atom stereocenters. The minimum atomic E-state index is -0.0346. The average molecular weight is 298 g/mol. The van der Waals surface area contributed by atoms with Crippen LogP contribution in [-0.4, -0.2) is 24.3 Å². The molecule has 0 saturated heterocycles. The van der Waals surface area contributed by atoms with Crippen LogP contribution in [0.2, 0.25) is 10.0 Å². The molecule has 2 aromatic rings. The Kier molecular flexibility index (Phi) is 4.64. The fourth-order valence-electron chi connectivity index (χ4n) is 1.80. The highest BCUT2D eigenvalue weighted by atomic mass is 35.5. The third-order valence-corrected chi connectivity index (χ3v) is 3.23. The lowest BCUT2D eigenvalue weighted by atomic mass is 10.1. The number of carbonyl (C=O) groups is 1. The highest BCUT2D eigenvalue weighted by molar-refractivity contribution is 6.36. The maximum Gasteiger partial charge on any atom is 0.178 e. The summed E-state index contributed by atoms with van der Waals surface area (Å²) in [5.41, 5.74) is 1.52. The Morgan fingerprint density at radius 3 is 2.74 bits per heavy atom. The first-order valence-electron chi connectivity index (χ1n) is 5.74. The Bertz CT molecular complexity index is 567. The molecule has 0 amide bonds. The van der Waals surface area contributed by atoms with Gasteiger partial charge >= 0.3 is 0 Å². The van der Waals surface area contributed by atoms with Crippen molar-refractivity contribution in [2.24, 2.45) is 0 Å². The van der Waals surface area contributed by atoms with Gasteiger partial charge in [0.1, 0.15) is 0 Å². The SMILES string of the molecule is CN(CC(=O)c1ccc(Cl)cc1Cl)Cc1ccoc1. The van der Waals surface area contributed by atoms with E-state index in [-0.39, 0.29) is 12.3 Å².